The standard InChI is InChI=1S/C32H31N3O4/c1-19(36)18-21-10-4-5-11-22(21)28(29-31(38)25-13-7-9-15-27(25)35(3)32(29)39)30-24(16-17-33-20(2)37)23-12-6-8-14-26(23)34-30/h4-15,28,34,38H,16-18H2,1-3H3,(H,33,37). The lowest BCUT2D eigenvalue weighted by molar-refractivity contribution is -0.119. The van der Waals surface area contributed by atoms with Crippen LogP contribution in [-0.4, -0.2) is 32.9 Å². The first-order valence-electron chi connectivity index (χ1n) is 13.0. The van der Waals surface area contributed by atoms with Crippen molar-refractivity contribution < 1.29 is 14.7 Å². The van der Waals surface area contributed by atoms with E-state index in [-0.39, 0.29) is 35.0 Å². The first-order valence-corrected chi connectivity index (χ1v) is 13.0. The van der Waals surface area contributed by atoms with Crippen LogP contribution in [0.5, 0.6) is 5.75 Å². The summed E-state index contributed by atoms with van der Waals surface area (Å²) in [4.78, 5) is 41.5. The quantitative estimate of drug-likeness (QED) is 0.275. The van der Waals surface area contributed by atoms with E-state index in [0.29, 0.717) is 23.9 Å². The minimum Gasteiger partial charge on any atom is -0.507 e. The van der Waals surface area contributed by atoms with Gasteiger partial charge in [0.25, 0.3) is 5.56 Å². The number of H-pyrrole nitrogens is 1. The number of pyridine rings is 1. The third-order valence-electron chi connectivity index (χ3n) is 7.29. The molecule has 0 saturated heterocycles. The highest BCUT2D eigenvalue weighted by Gasteiger charge is 2.31. The summed E-state index contributed by atoms with van der Waals surface area (Å²) < 4.78 is 1.56. The lowest BCUT2D eigenvalue weighted by Gasteiger charge is -2.24. The number of hydrogen-bond acceptors (Lipinski definition) is 4. The molecule has 0 spiro atoms. The Morgan fingerprint density at radius 2 is 1.62 bits per heavy atom. The van der Waals surface area contributed by atoms with E-state index < -0.39 is 5.92 Å². The number of hydrogen-bond donors (Lipinski definition) is 3. The van der Waals surface area contributed by atoms with E-state index in [1.54, 1.807) is 30.7 Å². The molecule has 0 fully saturated rings. The number of aromatic amines is 1. The third-order valence-corrected chi connectivity index (χ3v) is 7.29. The number of carbonyl (C=O) groups excluding carboxylic acids is 2. The van der Waals surface area contributed by atoms with E-state index in [0.717, 1.165) is 33.3 Å². The van der Waals surface area contributed by atoms with Crippen molar-refractivity contribution in [2.75, 3.05) is 6.54 Å². The van der Waals surface area contributed by atoms with Gasteiger partial charge in [0.15, 0.2) is 0 Å². The number of nitrogens with zero attached hydrogens (tertiary/aromatic N) is 1. The van der Waals surface area contributed by atoms with Crippen molar-refractivity contribution in [1.82, 2.24) is 14.9 Å². The molecule has 198 valence electrons. The maximum absolute atomic E-state index is 14.0. The molecule has 1 amide bonds. The Kier molecular flexibility index (Phi) is 7.07. The van der Waals surface area contributed by atoms with Crippen molar-refractivity contribution in [3.8, 4) is 5.75 Å². The number of ketones is 1. The number of benzene rings is 3. The second kappa shape index (κ2) is 10.6. The zero-order valence-electron chi connectivity index (χ0n) is 22.2. The summed E-state index contributed by atoms with van der Waals surface area (Å²) in [6, 6.07) is 22.7. The average molecular weight is 522 g/mol. The van der Waals surface area contributed by atoms with E-state index in [9.17, 15) is 19.5 Å². The van der Waals surface area contributed by atoms with Gasteiger partial charge >= 0.3 is 0 Å². The highest BCUT2D eigenvalue weighted by Crippen LogP contribution is 2.42. The first-order chi connectivity index (χ1) is 18.8. The number of fused-ring (bicyclic) bond motifs is 2. The van der Waals surface area contributed by atoms with Gasteiger partial charge in [0.2, 0.25) is 5.91 Å². The Hall–Kier alpha value is -4.65. The minimum absolute atomic E-state index is 0.000589. The number of aromatic nitrogens is 2. The van der Waals surface area contributed by atoms with Crippen LogP contribution in [0.25, 0.3) is 21.8 Å². The summed E-state index contributed by atoms with van der Waals surface area (Å²) in [5, 5.41) is 16.1. The second-order valence-corrected chi connectivity index (χ2v) is 9.95. The van der Waals surface area contributed by atoms with Crippen LogP contribution in [0.4, 0.5) is 0 Å². The Balaban J connectivity index is 1.86. The van der Waals surface area contributed by atoms with Gasteiger partial charge in [-0.05, 0) is 48.2 Å². The normalized spacial score (nSPS) is 12.1. The summed E-state index contributed by atoms with van der Waals surface area (Å²) in [6.07, 6.45) is 0.710. The molecule has 3 N–H and O–H groups in total. The van der Waals surface area contributed by atoms with E-state index in [1.165, 1.54) is 6.92 Å². The van der Waals surface area contributed by atoms with Gasteiger partial charge < -0.3 is 20.0 Å². The first kappa shape index (κ1) is 26.0. The van der Waals surface area contributed by atoms with Crippen molar-refractivity contribution >= 4 is 33.5 Å². The second-order valence-electron chi connectivity index (χ2n) is 9.95. The van der Waals surface area contributed by atoms with Gasteiger partial charge in [-0.3, -0.25) is 14.4 Å². The molecule has 0 saturated carbocycles. The molecular formula is C32H31N3O4. The molecule has 5 rings (SSSR count). The number of amides is 1. The van der Waals surface area contributed by atoms with Crippen LogP contribution >= 0.6 is 0 Å². The number of carbonyl (C=O) groups is 2. The Bertz CT molecular complexity index is 1780. The summed E-state index contributed by atoms with van der Waals surface area (Å²) in [7, 11) is 1.70. The maximum Gasteiger partial charge on any atom is 0.258 e. The van der Waals surface area contributed by atoms with E-state index >= 15 is 0 Å². The Morgan fingerprint density at radius 1 is 0.949 bits per heavy atom. The highest BCUT2D eigenvalue weighted by atomic mass is 16.3. The Labute approximate surface area is 226 Å². The molecule has 3 aromatic carbocycles. The van der Waals surface area contributed by atoms with Gasteiger partial charge in [0.1, 0.15) is 11.5 Å². The van der Waals surface area contributed by atoms with Gasteiger partial charge in [-0.1, -0.05) is 54.6 Å². The van der Waals surface area contributed by atoms with Crippen LogP contribution in [0.3, 0.4) is 0 Å². The van der Waals surface area contributed by atoms with E-state index in [2.05, 4.69) is 10.3 Å². The number of rotatable bonds is 8. The van der Waals surface area contributed by atoms with Crippen molar-refractivity contribution in [3.63, 3.8) is 0 Å². The topological polar surface area (TPSA) is 104 Å². The van der Waals surface area contributed by atoms with Crippen LogP contribution in [-0.2, 0) is 29.5 Å². The number of nitrogens with one attached hydrogen (secondary N) is 2. The summed E-state index contributed by atoms with van der Waals surface area (Å²) >= 11 is 0. The zero-order valence-corrected chi connectivity index (χ0v) is 22.2. The molecule has 0 radical (unpaired) electrons. The number of aryl methyl sites for hydroxylation is 1. The molecule has 5 aromatic rings. The van der Waals surface area contributed by atoms with Crippen molar-refractivity contribution in [2.45, 2.75) is 32.6 Å². The van der Waals surface area contributed by atoms with Crippen LogP contribution in [0.2, 0.25) is 0 Å². The van der Waals surface area contributed by atoms with Gasteiger partial charge in [-0.15, -0.1) is 0 Å². The van der Waals surface area contributed by atoms with E-state index in [1.807, 2.05) is 60.7 Å². The summed E-state index contributed by atoms with van der Waals surface area (Å²) in [6.45, 7) is 3.43. The molecule has 1 unspecified atom stereocenters. The van der Waals surface area contributed by atoms with Gasteiger partial charge in [-0.25, -0.2) is 0 Å². The molecule has 0 aliphatic rings. The number of Topliss-reactive ketones (excluding diaryl/α,β-unsaturated/α-hetero) is 1. The molecule has 2 heterocycles. The fourth-order valence-electron chi connectivity index (χ4n) is 5.56. The van der Waals surface area contributed by atoms with Crippen LogP contribution < -0.4 is 10.9 Å². The predicted octanol–water partition coefficient (Wildman–Crippen LogP) is 4.72. The largest absolute Gasteiger partial charge is 0.507 e. The van der Waals surface area contributed by atoms with Gasteiger partial charge in [0, 0.05) is 48.9 Å². The smallest absolute Gasteiger partial charge is 0.258 e. The van der Waals surface area contributed by atoms with E-state index in [4.69, 9.17) is 0 Å². The number of aromatic hydroxyl groups is 1. The molecule has 0 aliphatic carbocycles. The fraction of sp³-hybridized carbons (Fsp3) is 0.219. The highest BCUT2D eigenvalue weighted by molar-refractivity contribution is 5.89. The van der Waals surface area contributed by atoms with Gasteiger partial charge in [-0.2, -0.15) is 0 Å². The maximum atomic E-state index is 14.0. The summed E-state index contributed by atoms with van der Waals surface area (Å²) in [5.41, 5.74) is 4.67. The molecule has 0 aliphatic heterocycles. The summed E-state index contributed by atoms with van der Waals surface area (Å²) in [5.74, 6) is -0.897. The van der Waals surface area contributed by atoms with Crippen molar-refractivity contribution in [1.29, 1.82) is 0 Å². The number of para-hydroxylation sites is 2. The predicted molar refractivity (Wildman–Crippen MR) is 153 cm³/mol. The monoisotopic (exact) mass is 521 g/mol. The van der Waals surface area contributed by atoms with Crippen LogP contribution in [0.15, 0.2) is 77.6 Å². The van der Waals surface area contributed by atoms with Crippen molar-refractivity contribution in [3.05, 3.63) is 111 Å². The minimum atomic E-state index is -0.691. The molecule has 0 bridgehead atoms. The van der Waals surface area contributed by atoms with Gasteiger partial charge in [0.05, 0.1) is 17.0 Å². The lowest BCUT2D eigenvalue weighted by atomic mass is 9.82. The Morgan fingerprint density at radius 3 is 2.36 bits per heavy atom. The molecule has 7 nitrogen and oxygen atoms in total. The molecule has 7 heteroatoms. The lowest BCUT2D eigenvalue weighted by Crippen LogP contribution is -2.27. The van der Waals surface area contributed by atoms with Crippen LogP contribution in [0.1, 0.15) is 47.7 Å². The molecular weight excluding hydrogens is 490 g/mol. The zero-order chi connectivity index (χ0) is 27.7. The molecule has 1 atom stereocenters. The molecule has 39 heavy (non-hydrogen) atoms. The van der Waals surface area contributed by atoms with Crippen LogP contribution in [0, 0.1) is 0 Å². The third kappa shape index (κ3) is 4.83. The van der Waals surface area contributed by atoms with Crippen molar-refractivity contribution in [2.24, 2.45) is 7.05 Å². The SMILES string of the molecule is CC(=O)Cc1ccccc1C(c1[nH]c2ccccc2c1CCNC(C)=O)c1c(O)c2ccccc2n(C)c1=O. The average Bonchev–Trinajstić information content (AvgIpc) is 3.28. The fourth-order valence-corrected chi connectivity index (χ4v) is 5.56. The molecule has 2 aromatic heterocycles.